The van der Waals surface area contributed by atoms with Crippen LogP contribution in [0.3, 0.4) is 0 Å². The first-order valence-electron chi connectivity index (χ1n) is 8.68. The fraction of sp³-hybridized carbons (Fsp3) is 0.550. The molecule has 0 saturated carbocycles. The Balaban J connectivity index is 2.01. The van der Waals surface area contributed by atoms with E-state index in [1.54, 1.807) is 14.2 Å². The van der Waals surface area contributed by atoms with E-state index in [0.717, 1.165) is 37.1 Å². The molecule has 25 heavy (non-hydrogen) atoms. The number of terminal acetylenes is 1. The Labute approximate surface area is 150 Å². The summed E-state index contributed by atoms with van der Waals surface area (Å²) in [6.07, 6.45) is 7.06. The predicted molar refractivity (Wildman–Crippen MR) is 98.8 cm³/mol. The smallest absolute Gasteiger partial charge is 0.223 e. The molecular weight excluding hydrogens is 316 g/mol. The van der Waals surface area contributed by atoms with Gasteiger partial charge in [-0.25, -0.2) is 0 Å². The third-order valence-corrected chi connectivity index (χ3v) is 4.87. The van der Waals surface area contributed by atoms with Gasteiger partial charge in [0.15, 0.2) is 11.5 Å². The number of carbonyl (C=O) groups excluding carboxylic acids is 1. The second kappa shape index (κ2) is 8.77. The molecule has 1 aliphatic rings. The number of hydrogen-bond acceptors (Lipinski definition) is 4. The molecule has 0 spiro atoms. The van der Waals surface area contributed by atoms with Crippen molar-refractivity contribution in [3.05, 3.63) is 23.3 Å². The van der Waals surface area contributed by atoms with Gasteiger partial charge < -0.3 is 14.8 Å². The molecule has 1 fully saturated rings. The Bertz CT molecular complexity index is 643. The molecule has 1 atom stereocenters. The number of amides is 1. The Morgan fingerprint density at radius 3 is 2.48 bits per heavy atom. The zero-order valence-corrected chi connectivity index (χ0v) is 15.6. The number of hydrogen-bond donors (Lipinski definition) is 1. The van der Waals surface area contributed by atoms with Gasteiger partial charge in [0.25, 0.3) is 0 Å². The number of nitrogens with one attached hydrogen (secondary N) is 1. The van der Waals surface area contributed by atoms with Gasteiger partial charge in [-0.2, -0.15) is 0 Å². The van der Waals surface area contributed by atoms with Gasteiger partial charge in [-0.3, -0.25) is 9.69 Å². The molecule has 1 aliphatic heterocycles. The van der Waals surface area contributed by atoms with E-state index in [9.17, 15) is 4.79 Å². The van der Waals surface area contributed by atoms with Crippen molar-refractivity contribution in [1.82, 2.24) is 10.2 Å². The quantitative estimate of drug-likeness (QED) is 0.806. The van der Waals surface area contributed by atoms with Crippen LogP contribution in [0.5, 0.6) is 11.5 Å². The molecule has 0 aromatic heterocycles. The topological polar surface area (TPSA) is 50.8 Å². The lowest BCUT2D eigenvalue weighted by Crippen LogP contribution is -2.41. The van der Waals surface area contributed by atoms with Crippen molar-refractivity contribution in [1.29, 1.82) is 0 Å². The second-order valence-corrected chi connectivity index (χ2v) is 6.55. The molecule has 1 saturated heterocycles. The molecular formula is C20H28N2O3. The third kappa shape index (κ3) is 4.67. The van der Waals surface area contributed by atoms with Crippen molar-refractivity contribution in [3.63, 3.8) is 0 Å². The summed E-state index contributed by atoms with van der Waals surface area (Å²) in [7, 11) is 3.24. The summed E-state index contributed by atoms with van der Waals surface area (Å²) in [5, 5.41) is 3.15. The van der Waals surface area contributed by atoms with E-state index < -0.39 is 0 Å². The number of carbonyl (C=O) groups is 1. The average Bonchev–Trinajstić information content (AvgIpc) is 2.62. The van der Waals surface area contributed by atoms with Crippen LogP contribution in [0, 0.1) is 25.2 Å². The Morgan fingerprint density at radius 2 is 1.92 bits per heavy atom. The lowest BCUT2D eigenvalue weighted by atomic mass is 9.94. The highest BCUT2D eigenvalue weighted by molar-refractivity contribution is 5.79. The first-order valence-corrected chi connectivity index (χ1v) is 8.68. The summed E-state index contributed by atoms with van der Waals surface area (Å²) < 4.78 is 10.7. The van der Waals surface area contributed by atoms with E-state index in [2.05, 4.69) is 16.1 Å². The Hall–Kier alpha value is -2.19. The van der Waals surface area contributed by atoms with Gasteiger partial charge in [-0.15, -0.1) is 6.42 Å². The third-order valence-electron chi connectivity index (χ3n) is 4.87. The van der Waals surface area contributed by atoms with Crippen LogP contribution in [0.2, 0.25) is 0 Å². The van der Waals surface area contributed by atoms with Crippen molar-refractivity contribution in [2.75, 3.05) is 33.9 Å². The molecule has 1 N–H and O–H groups in total. The molecule has 0 unspecified atom stereocenters. The summed E-state index contributed by atoms with van der Waals surface area (Å²) in [5.74, 6) is 4.20. The number of rotatable bonds is 6. The molecule has 1 aromatic carbocycles. The summed E-state index contributed by atoms with van der Waals surface area (Å²) >= 11 is 0. The number of likely N-dealkylation sites (tertiary alicyclic amines) is 1. The highest BCUT2D eigenvalue weighted by atomic mass is 16.5. The minimum atomic E-state index is -0.0870. The number of ether oxygens (including phenoxy) is 2. The molecule has 0 bridgehead atoms. The number of benzene rings is 1. The zero-order chi connectivity index (χ0) is 18.4. The number of methoxy groups -OCH3 is 2. The minimum absolute atomic E-state index is 0.0527. The van der Waals surface area contributed by atoms with E-state index in [1.807, 2.05) is 26.0 Å². The predicted octanol–water partition coefficient (Wildman–Crippen LogP) is 2.53. The highest BCUT2D eigenvalue weighted by Crippen LogP contribution is 2.33. The first-order chi connectivity index (χ1) is 12.0. The molecule has 2 rings (SSSR count). The maximum absolute atomic E-state index is 12.6. The second-order valence-electron chi connectivity index (χ2n) is 6.55. The fourth-order valence-corrected chi connectivity index (χ4v) is 3.35. The normalized spacial score (nSPS) is 16.8. The summed E-state index contributed by atoms with van der Waals surface area (Å²) in [6, 6.07) is 3.79. The lowest BCUT2D eigenvalue weighted by Gasteiger charge is -2.30. The molecule has 1 amide bonds. The summed E-state index contributed by atoms with van der Waals surface area (Å²) in [6.45, 7) is 6.44. The monoisotopic (exact) mass is 344 g/mol. The van der Waals surface area contributed by atoms with Gasteiger partial charge in [0, 0.05) is 5.92 Å². The minimum Gasteiger partial charge on any atom is -0.493 e. The van der Waals surface area contributed by atoms with Gasteiger partial charge in [-0.1, -0.05) is 5.92 Å². The maximum atomic E-state index is 12.6. The van der Waals surface area contributed by atoms with Crippen LogP contribution >= 0.6 is 0 Å². The van der Waals surface area contributed by atoms with Gasteiger partial charge in [-0.05, 0) is 63.0 Å². The SMILES string of the molecule is C#CCN1CCC(C(=O)N[C@H](C)c2cc(OC)c(OC)cc2C)CC1. The summed E-state index contributed by atoms with van der Waals surface area (Å²) in [5.41, 5.74) is 2.10. The van der Waals surface area contributed by atoms with Crippen LogP contribution in [0.1, 0.15) is 36.9 Å². The largest absolute Gasteiger partial charge is 0.493 e. The van der Waals surface area contributed by atoms with E-state index in [0.29, 0.717) is 18.0 Å². The van der Waals surface area contributed by atoms with Crippen LogP contribution in [0.15, 0.2) is 12.1 Å². The molecule has 5 heteroatoms. The van der Waals surface area contributed by atoms with Crippen molar-refractivity contribution < 1.29 is 14.3 Å². The van der Waals surface area contributed by atoms with Gasteiger partial charge >= 0.3 is 0 Å². The standard InChI is InChI=1S/C20H28N2O3/c1-6-9-22-10-7-16(8-11-22)20(23)21-15(3)17-13-19(25-5)18(24-4)12-14(17)2/h1,12-13,15-16H,7-11H2,2-5H3,(H,21,23)/t15-/m1/s1. The number of aryl methyl sites for hydroxylation is 1. The fourth-order valence-electron chi connectivity index (χ4n) is 3.35. The van der Waals surface area contributed by atoms with E-state index in [1.165, 1.54) is 0 Å². The van der Waals surface area contributed by atoms with E-state index >= 15 is 0 Å². The van der Waals surface area contributed by atoms with Crippen LogP contribution < -0.4 is 14.8 Å². The van der Waals surface area contributed by atoms with E-state index in [-0.39, 0.29) is 17.9 Å². The van der Waals surface area contributed by atoms with Crippen LogP contribution in [0.25, 0.3) is 0 Å². The number of piperidine rings is 1. The number of nitrogens with zero attached hydrogens (tertiary/aromatic N) is 1. The molecule has 0 aliphatic carbocycles. The summed E-state index contributed by atoms with van der Waals surface area (Å²) in [4.78, 5) is 14.8. The Kier molecular flexibility index (Phi) is 6.72. The maximum Gasteiger partial charge on any atom is 0.223 e. The van der Waals surface area contributed by atoms with Gasteiger partial charge in [0.2, 0.25) is 5.91 Å². The lowest BCUT2D eigenvalue weighted by molar-refractivity contribution is -0.127. The van der Waals surface area contributed by atoms with Gasteiger partial charge in [0.1, 0.15) is 0 Å². The van der Waals surface area contributed by atoms with Crippen molar-refractivity contribution in [3.8, 4) is 23.8 Å². The van der Waals surface area contributed by atoms with E-state index in [4.69, 9.17) is 15.9 Å². The van der Waals surface area contributed by atoms with Gasteiger partial charge in [0.05, 0.1) is 26.8 Å². The van der Waals surface area contributed by atoms with Crippen LogP contribution in [-0.4, -0.2) is 44.7 Å². The highest BCUT2D eigenvalue weighted by Gasteiger charge is 2.26. The Morgan fingerprint density at radius 1 is 1.32 bits per heavy atom. The van der Waals surface area contributed by atoms with Crippen LogP contribution in [0.4, 0.5) is 0 Å². The van der Waals surface area contributed by atoms with Crippen molar-refractivity contribution >= 4 is 5.91 Å². The van der Waals surface area contributed by atoms with Crippen LogP contribution in [-0.2, 0) is 4.79 Å². The molecule has 1 aromatic rings. The van der Waals surface area contributed by atoms with Crippen molar-refractivity contribution in [2.45, 2.75) is 32.7 Å². The average molecular weight is 344 g/mol. The molecule has 1 heterocycles. The molecule has 5 nitrogen and oxygen atoms in total. The molecule has 136 valence electrons. The zero-order valence-electron chi connectivity index (χ0n) is 15.6. The van der Waals surface area contributed by atoms with Crippen molar-refractivity contribution in [2.24, 2.45) is 5.92 Å². The molecule has 0 radical (unpaired) electrons. The first kappa shape index (κ1) is 19.1.